The number of anilines is 1. The third-order valence-electron chi connectivity index (χ3n) is 5.32. The minimum atomic E-state index is 0.0269. The summed E-state index contributed by atoms with van der Waals surface area (Å²) in [6, 6.07) is 10.1. The molecule has 0 aliphatic carbocycles. The largest absolute Gasteiger partial charge is 0.479 e. The van der Waals surface area contributed by atoms with Crippen LogP contribution in [0.5, 0.6) is 5.88 Å². The van der Waals surface area contributed by atoms with Gasteiger partial charge in [-0.3, -0.25) is 9.78 Å². The molecule has 156 valence electrons. The Bertz CT molecular complexity index is 1060. The molecule has 1 aliphatic heterocycles. The first-order chi connectivity index (χ1) is 14.6. The zero-order chi connectivity index (χ0) is 21.1. The van der Waals surface area contributed by atoms with Gasteiger partial charge in [-0.1, -0.05) is 12.1 Å². The molecular weight excluding hydrogens is 382 g/mol. The maximum atomic E-state index is 12.0. The van der Waals surface area contributed by atoms with Crippen molar-refractivity contribution in [1.82, 2.24) is 19.9 Å². The highest BCUT2D eigenvalue weighted by molar-refractivity contribution is 5.83. The van der Waals surface area contributed by atoms with Crippen LogP contribution in [0, 0.1) is 0 Å². The van der Waals surface area contributed by atoms with E-state index < -0.39 is 0 Å². The smallest absolute Gasteiger partial charge is 0.242 e. The fourth-order valence-corrected chi connectivity index (χ4v) is 3.78. The number of aromatic nitrogens is 3. The Morgan fingerprint density at radius 2 is 2.13 bits per heavy atom. The van der Waals surface area contributed by atoms with Crippen LogP contribution in [-0.4, -0.2) is 72.3 Å². The van der Waals surface area contributed by atoms with Crippen LogP contribution in [0.25, 0.3) is 22.3 Å². The topological polar surface area (TPSA) is 80.7 Å². The Balaban J connectivity index is 1.61. The third kappa shape index (κ3) is 4.04. The number of likely N-dealkylation sites (N-methyl/N-ethyl adjacent to an activating group) is 1. The fourth-order valence-electron chi connectivity index (χ4n) is 3.78. The zero-order valence-electron chi connectivity index (χ0n) is 17.4. The van der Waals surface area contributed by atoms with Gasteiger partial charge in [-0.15, -0.1) is 0 Å². The molecule has 3 aromatic rings. The first kappa shape index (κ1) is 20.0. The first-order valence-corrected chi connectivity index (χ1v) is 9.89. The van der Waals surface area contributed by atoms with Crippen LogP contribution in [-0.2, 0) is 9.53 Å². The molecule has 1 aromatic carbocycles. The molecule has 1 unspecified atom stereocenters. The summed E-state index contributed by atoms with van der Waals surface area (Å²) < 4.78 is 11.0. The summed E-state index contributed by atoms with van der Waals surface area (Å²) in [5.41, 5.74) is 4.12. The molecule has 2 aromatic heterocycles. The van der Waals surface area contributed by atoms with Gasteiger partial charge in [0.2, 0.25) is 11.8 Å². The van der Waals surface area contributed by atoms with Crippen molar-refractivity contribution in [2.75, 3.05) is 45.4 Å². The molecule has 8 nitrogen and oxygen atoms in total. The van der Waals surface area contributed by atoms with Crippen molar-refractivity contribution in [2.24, 2.45) is 0 Å². The third-order valence-corrected chi connectivity index (χ3v) is 5.32. The van der Waals surface area contributed by atoms with Crippen molar-refractivity contribution >= 4 is 22.6 Å². The summed E-state index contributed by atoms with van der Waals surface area (Å²) in [5.74, 6) is 0.532. The predicted octanol–water partition coefficient (Wildman–Crippen LogP) is 2.38. The summed E-state index contributed by atoms with van der Waals surface area (Å²) in [6.07, 6.45) is 3.28. The summed E-state index contributed by atoms with van der Waals surface area (Å²) in [5, 5.41) is 0. The van der Waals surface area contributed by atoms with Gasteiger partial charge < -0.3 is 19.3 Å². The molecular formula is C22H25N5O3. The number of rotatable bonds is 5. The van der Waals surface area contributed by atoms with Gasteiger partial charge in [-0.05, 0) is 18.2 Å². The lowest BCUT2D eigenvalue weighted by atomic mass is 10.1. The molecule has 1 atom stereocenters. The standard InChI is InChI=1S/C22H25N5O3/c1-15(28)27-9-10-30-14-18(27)13-26(2)17-6-4-5-16(11-17)19-12-20-21(22(25-19)29-3)24-8-7-23-20/h4-8,11-12,18H,9-10,13-14H2,1-3H3. The molecule has 0 spiro atoms. The molecule has 0 N–H and O–H groups in total. The van der Waals surface area contributed by atoms with Crippen molar-refractivity contribution in [3.8, 4) is 17.1 Å². The van der Waals surface area contributed by atoms with Gasteiger partial charge in [0.25, 0.3) is 0 Å². The molecule has 1 aliphatic rings. The van der Waals surface area contributed by atoms with Crippen molar-refractivity contribution in [1.29, 1.82) is 0 Å². The van der Waals surface area contributed by atoms with Crippen LogP contribution in [0.15, 0.2) is 42.7 Å². The summed E-state index contributed by atoms with van der Waals surface area (Å²) in [7, 11) is 3.60. The van der Waals surface area contributed by atoms with Gasteiger partial charge >= 0.3 is 0 Å². The number of carbonyl (C=O) groups excluding carboxylic acids is 1. The Kier molecular flexibility index (Phi) is 5.76. The molecule has 3 heterocycles. The summed E-state index contributed by atoms with van der Waals surface area (Å²) in [4.78, 5) is 29.3. The van der Waals surface area contributed by atoms with E-state index in [9.17, 15) is 4.79 Å². The number of benzene rings is 1. The van der Waals surface area contributed by atoms with Gasteiger partial charge in [0, 0.05) is 50.7 Å². The second-order valence-electron chi connectivity index (χ2n) is 7.31. The number of ether oxygens (including phenoxy) is 2. The number of methoxy groups -OCH3 is 1. The molecule has 1 amide bonds. The second kappa shape index (κ2) is 8.62. The Morgan fingerprint density at radius 1 is 1.30 bits per heavy atom. The summed E-state index contributed by atoms with van der Waals surface area (Å²) in [6.45, 7) is 4.07. The minimum absolute atomic E-state index is 0.0269. The summed E-state index contributed by atoms with van der Waals surface area (Å²) >= 11 is 0. The number of amides is 1. The maximum absolute atomic E-state index is 12.0. The number of fused-ring (bicyclic) bond motifs is 1. The Morgan fingerprint density at radius 3 is 2.93 bits per heavy atom. The average Bonchev–Trinajstić information content (AvgIpc) is 2.78. The van der Waals surface area contributed by atoms with Crippen LogP contribution in [0.1, 0.15) is 6.92 Å². The second-order valence-corrected chi connectivity index (χ2v) is 7.31. The molecule has 1 saturated heterocycles. The predicted molar refractivity (Wildman–Crippen MR) is 115 cm³/mol. The van der Waals surface area contributed by atoms with Crippen LogP contribution < -0.4 is 9.64 Å². The van der Waals surface area contributed by atoms with E-state index in [1.807, 2.05) is 36.2 Å². The van der Waals surface area contributed by atoms with E-state index in [0.29, 0.717) is 37.7 Å². The van der Waals surface area contributed by atoms with Gasteiger partial charge in [-0.25, -0.2) is 9.97 Å². The average molecular weight is 407 g/mol. The molecule has 4 rings (SSSR count). The van der Waals surface area contributed by atoms with E-state index >= 15 is 0 Å². The zero-order valence-corrected chi connectivity index (χ0v) is 17.4. The van der Waals surface area contributed by atoms with Gasteiger partial charge in [0.1, 0.15) is 0 Å². The Hall–Kier alpha value is -3.26. The molecule has 1 fully saturated rings. The van der Waals surface area contributed by atoms with E-state index in [4.69, 9.17) is 9.47 Å². The number of carbonyl (C=O) groups is 1. The molecule has 0 saturated carbocycles. The highest BCUT2D eigenvalue weighted by Gasteiger charge is 2.26. The van der Waals surface area contributed by atoms with E-state index in [1.54, 1.807) is 26.4 Å². The lowest BCUT2D eigenvalue weighted by molar-refractivity contribution is -0.136. The lowest BCUT2D eigenvalue weighted by Crippen LogP contribution is -2.52. The van der Waals surface area contributed by atoms with Gasteiger partial charge in [-0.2, -0.15) is 0 Å². The van der Waals surface area contributed by atoms with Crippen molar-refractivity contribution < 1.29 is 14.3 Å². The number of hydrogen-bond donors (Lipinski definition) is 0. The number of morpholine rings is 1. The minimum Gasteiger partial charge on any atom is -0.479 e. The molecule has 30 heavy (non-hydrogen) atoms. The SMILES string of the molecule is COc1nc(-c2cccc(N(C)CC3COCCN3C(C)=O)c2)cc2nccnc12. The Labute approximate surface area is 175 Å². The van der Waals surface area contributed by atoms with Crippen LogP contribution >= 0.6 is 0 Å². The van der Waals surface area contributed by atoms with E-state index in [-0.39, 0.29) is 11.9 Å². The molecule has 8 heteroatoms. The number of nitrogens with zero attached hydrogens (tertiary/aromatic N) is 5. The van der Waals surface area contributed by atoms with Crippen LogP contribution in [0.4, 0.5) is 5.69 Å². The monoisotopic (exact) mass is 407 g/mol. The van der Waals surface area contributed by atoms with Crippen molar-refractivity contribution in [3.63, 3.8) is 0 Å². The highest BCUT2D eigenvalue weighted by Crippen LogP contribution is 2.29. The van der Waals surface area contributed by atoms with E-state index in [1.165, 1.54) is 0 Å². The fraction of sp³-hybridized carbons (Fsp3) is 0.364. The van der Waals surface area contributed by atoms with E-state index in [2.05, 4.69) is 25.9 Å². The quantitative estimate of drug-likeness (QED) is 0.642. The lowest BCUT2D eigenvalue weighted by Gasteiger charge is -2.37. The van der Waals surface area contributed by atoms with Gasteiger partial charge in [0.05, 0.1) is 37.6 Å². The van der Waals surface area contributed by atoms with Crippen LogP contribution in [0.2, 0.25) is 0 Å². The first-order valence-electron chi connectivity index (χ1n) is 9.89. The molecule has 0 bridgehead atoms. The van der Waals surface area contributed by atoms with Crippen molar-refractivity contribution in [2.45, 2.75) is 13.0 Å². The van der Waals surface area contributed by atoms with Gasteiger partial charge in [0.15, 0.2) is 5.52 Å². The normalized spacial score (nSPS) is 16.5. The number of hydrogen-bond acceptors (Lipinski definition) is 7. The highest BCUT2D eigenvalue weighted by atomic mass is 16.5. The van der Waals surface area contributed by atoms with Crippen LogP contribution in [0.3, 0.4) is 0 Å². The molecule has 0 radical (unpaired) electrons. The maximum Gasteiger partial charge on any atom is 0.242 e. The van der Waals surface area contributed by atoms with Crippen molar-refractivity contribution in [3.05, 3.63) is 42.7 Å². The van der Waals surface area contributed by atoms with E-state index in [0.717, 1.165) is 22.5 Å². The number of pyridine rings is 1.